The van der Waals surface area contributed by atoms with Gasteiger partial charge in [-0.2, -0.15) is 0 Å². The van der Waals surface area contributed by atoms with Crippen molar-refractivity contribution in [1.29, 1.82) is 0 Å². The highest BCUT2D eigenvalue weighted by molar-refractivity contribution is 6.37. The van der Waals surface area contributed by atoms with Gasteiger partial charge in [-0.1, -0.05) is 0 Å². The molecule has 0 spiro atoms. The van der Waals surface area contributed by atoms with Crippen LogP contribution in [0.25, 0.3) is 0 Å². The van der Waals surface area contributed by atoms with E-state index in [2.05, 4.69) is 0 Å². The molecule has 0 aromatic heterocycles. The lowest BCUT2D eigenvalue weighted by atomic mass is 10.2. The standard InChI is InChI=1S/C10H18O4.C3H6O/c1-6(2)13-10(14-7(3)4)9(12)8(5)11;1-3(2)4/h6-7,10H,1-5H3;1-2H3. The van der Waals surface area contributed by atoms with Gasteiger partial charge in [-0.15, -0.1) is 0 Å². The molecular formula is C13H24O5. The van der Waals surface area contributed by atoms with Gasteiger partial charge >= 0.3 is 0 Å². The third-order valence-corrected chi connectivity index (χ3v) is 1.35. The molecule has 0 rings (SSSR count). The minimum atomic E-state index is -1.06. The van der Waals surface area contributed by atoms with Crippen LogP contribution in [0.4, 0.5) is 0 Å². The van der Waals surface area contributed by atoms with Crippen molar-refractivity contribution in [3.05, 3.63) is 0 Å². The van der Waals surface area contributed by atoms with Gasteiger partial charge in [0.05, 0.1) is 12.2 Å². The molecule has 0 fully saturated rings. The van der Waals surface area contributed by atoms with Crippen LogP contribution in [0, 0.1) is 0 Å². The Labute approximate surface area is 109 Å². The zero-order valence-electron chi connectivity index (χ0n) is 12.3. The molecule has 0 bridgehead atoms. The molecule has 0 aliphatic carbocycles. The van der Waals surface area contributed by atoms with E-state index in [4.69, 9.17) is 9.47 Å². The number of ketones is 3. The summed E-state index contributed by atoms with van der Waals surface area (Å²) in [5.74, 6) is -1.01. The van der Waals surface area contributed by atoms with Crippen molar-refractivity contribution in [1.82, 2.24) is 0 Å². The number of hydrogen-bond donors (Lipinski definition) is 0. The summed E-state index contributed by atoms with van der Waals surface area (Å²) in [5, 5.41) is 0. The van der Waals surface area contributed by atoms with E-state index in [1.165, 1.54) is 20.8 Å². The highest BCUT2D eigenvalue weighted by Gasteiger charge is 2.25. The number of carbonyl (C=O) groups is 3. The number of carbonyl (C=O) groups excluding carboxylic acids is 3. The minimum Gasteiger partial charge on any atom is -0.343 e. The second kappa shape index (κ2) is 9.91. The fourth-order valence-corrected chi connectivity index (χ4v) is 0.816. The molecule has 0 aromatic rings. The van der Waals surface area contributed by atoms with E-state index < -0.39 is 17.9 Å². The van der Waals surface area contributed by atoms with Crippen molar-refractivity contribution >= 4 is 17.3 Å². The van der Waals surface area contributed by atoms with E-state index in [9.17, 15) is 14.4 Å². The second-order valence-corrected chi connectivity index (χ2v) is 4.53. The van der Waals surface area contributed by atoms with Crippen LogP contribution in [-0.4, -0.2) is 35.8 Å². The molecule has 5 nitrogen and oxygen atoms in total. The lowest BCUT2D eigenvalue weighted by Gasteiger charge is -2.20. The number of rotatable bonds is 6. The van der Waals surface area contributed by atoms with Crippen molar-refractivity contribution < 1.29 is 23.9 Å². The van der Waals surface area contributed by atoms with Gasteiger partial charge < -0.3 is 14.3 Å². The molecule has 18 heavy (non-hydrogen) atoms. The molecule has 0 amide bonds. The molecule has 0 atom stereocenters. The van der Waals surface area contributed by atoms with Gasteiger partial charge in [-0.3, -0.25) is 9.59 Å². The Balaban J connectivity index is 0. The summed E-state index contributed by atoms with van der Waals surface area (Å²) in [7, 11) is 0. The van der Waals surface area contributed by atoms with Crippen molar-refractivity contribution in [2.45, 2.75) is 67.0 Å². The molecule has 5 heteroatoms. The number of hydrogen-bond acceptors (Lipinski definition) is 5. The topological polar surface area (TPSA) is 69.7 Å². The molecule has 0 aliphatic rings. The largest absolute Gasteiger partial charge is 0.343 e. The third-order valence-electron chi connectivity index (χ3n) is 1.35. The van der Waals surface area contributed by atoms with Crippen molar-refractivity contribution in [3.63, 3.8) is 0 Å². The van der Waals surface area contributed by atoms with E-state index in [1.807, 2.05) is 0 Å². The summed E-state index contributed by atoms with van der Waals surface area (Å²) >= 11 is 0. The average molecular weight is 260 g/mol. The molecule has 0 N–H and O–H groups in total. The lowest BCUT2D eigenvalue weighted by molar-refractivity contribution is -0.190. The minimum absolute atomic E-state index is 0.151. The molecule has 0 saturated carbocycles. The fourth-order valence-electron chi connectivity index (χ4n) is 0.816. The van der Waals surface area contributed by atoms with Crippen molar-refractivity contribution in [3.8, 4) is 0 Å². The van der Waals surface area contributed by atoms with Crippen LogP contribution in [0.15, 0.2) is 0 Å². The van der Waals surface area contributed by atoms with Gasteiger partial charge in [0.15, 0.2) is 0 Å². The first-order valence-electron chi connectivity index (χ1n) is 5.90. The second-order valence-electron chi connectivity index (χ2n) is 4.53. The van der Waals surface area contributed by atoms with Crippen molar-refractivity contribution in [2.75, 3.05) is 0 Å². The van der Waals surface area contributed by atoms with Crippen LogP contribution in [0.3, 0.4) is 0 Å². The monoisotopic (exact) mass is 260 g/mol. The number of ether oxygens (including phenoxy) is 2. The van der Waals surface area contributed by atoms with Crippen LogP contribution in [0.1, 0.15) is 48.5 Å². The van der Waals surface area contributed by atoms with Gasteiger partial charge in [0, 0.05) is 6.92 Å². The van der Waals surface area contributed by atoms with E-state index in [-0.39, 0.29) is 18.0 Å². The average Bonchev–Trinajstić information content (AvgIpc) is 2.12. The first-order valence-corrected chi connectivity index (χ1v) is 5.90. The molecule has 0 aliphatic heterocycles. The van der Waals surface area contributed by atoms with Gasteiger partial charge in [-0.05, 0) is 41.5 Å². The Morgan fingerprint density at radius 2 is 1.06 bits per heavy atom. The maximum atomic E-state index is 11.3. The van der Waals surface area contributed by atoms with Gasteiger partial charge in [-0.25, -0.2) is 0 Å². The van der Waals surface area contributed by atoms with E-state index in [1.54, 1.807) is 27.7 Å². The summed E-state index contributed by atoms with van der Waals surface area (Å²) in [4.78, 5) is 31.6. The van der Waals surface area contributed by atoms with Crippen LogP contribution < -0.4 is 0 Å². The van der Waals surface area contributed by atoms with E-state index in [0.29, 0.717) is 0 Å². The van der Waals surface area contributed by atoms with Crippen LogP contribution >= 0.6 is 0 Å². The van der Waals surface area contributed by atoms with Gasteiger partial charge in [0.25, 0.3) is 5.78 Å². The van der Waals surface area contributed by atoms with Crippen LogP contribution in [0.5, 0.6) is 0 Å². The Bertz CT molecular complexity index is 267. The van der Waals surface area contributed by atoms with E-state index >= 15 is 0 Å². The predicted octanol–water partition coefficient (Wildman–Crippen LogP) is 1.92. The Morgan fingerprint density at radius 1 is 0.778 bits per heavy atom. The summed E-state index contributed by atoms with van der Waals surface area (Å²) in [6.07, 6.45) is -1.36. The maximum absolute atomic E-state index is 11.3. The van der Waals surface area contributed by atoms with Crippen molar-refractivity contribution in [2.24, 2.45) is 0 Å². The fraction of sp³-hybridized carbons (Fsp3) is 0.769. The van der Waals surface area contributed by atoms with Crippen LogP contribution in [0.2, 0.25) is 0 Å². The predicted molar refractivity (Wildman–Crippen MR) is 68.3 cm³/mol. The summed E-state index contributed by atoms with van der Waals surface area (Å²) in [5.41, 5.74) is 0. The molecular weight excluding hydrogens is 236 g/mol. The number of Topliss-reactive ketones (excluding diaryl/α,β-unsaturated/α-hetero) is 3. The Kier molecular flexibility index (Phi) is 10.6. The molecule has 0 radical (unpaired) electrons. The SMILES string of the molecule is CC(=O)C(=O)C(OC(C)C)OC(C)C.CC(C)=O. The first-order chi connectivity index (χ1) is 8.07. The zero-order chi connectivity index (χ0) is 14.9. The summed E-state index contributed by atoms with van der Waals surface area (Å²) in [6, 6.07) is 0. The zero-order valence-corrected chi connectivity index (χ0v) is 12.3. The Hall–Kier alpha value is -1.07. The highest BCUT2D eigenvalue weighted by atomic mass is 16.7. The molecule has 106 valence electrons. The normalized spacial score (nSPS) is 10.3. The van der Waals surface area contributed by atoms with E-state index in [0.717, 1.165) is 0 Å². The van der Waals surface area contributed by atoms with Gasteiger partial charge in [0.1, 0.15) is 5.78 Å². The lowest BCUT2D eigenvalue weighted by Crippen LogP contribution is -2.36. The third kappa shape index (κ3) is 13.0. The molecule has 0 aromatic carbocycles. The maximum Gasteiger partial charge on any atom is 0.253 e. The molecule has 0 unspecified atom stereocenters. The highest BCUT2D eigenvalue weighted by Crippen LogP contribution is 2.05. The first kappa shape index (κ1) is 19.3. The molecule has 0 heterocycles. The quantitative estimate of drug-likeness (QED) is 0.539. The van der Waals surface area contributed by atoms with Crippen LogP contribution in [-0.2, 0) is 23.9 Å². The summed E-state index contributed by atoms with van der Waals surface area (Å²) < 4.78 is 10.4. The smallest absolute Gasteiger partial charge is 0.253 e. The summed E-state index contributed by atoms with van der Waals surface area (Å²) in [6.45, 7) is 11.4. The van der Waals surface area contributed by atoms with Gasteiger partial charge in [0.2, 0.25) is 12.1 Å². The Morgan fingerprint density at radius 3 is 1.22 bits per heavy atom. The molecule has 0 saturated heterocycles.